The zero-order valence-electron chi connectivity index (χ0n) is 23.9. The SMILES string of the molecule is CC(C)(C)[Si](C)(C)O[C@@H](C1CCCCC1)[C@@]1(C(=O)OCC[Si](C)(C)C)NC(=O)[C@H](CCCCl)[C@@]12CO2. The lowest BCUT2D eigenvalue weighted by Gasteiger charge is -2.49. The monoisotopic (exact) mass is 559 g/mol. The Morgan fingerprint density at radius 3 is 2.28 bits per heavy atom. The van der Waals surface area contributed by atoms with Gasteiger partial charge in [0.05, 0.1) is 25.2 Å². The van der Waals surface area contributed by atoms with Crippen molar-refractivity contribution in [2.24, 2.45) is 11.8 Å². The highest BCUT2D eigenvalue weighted by Gasteiger charge is 2.80. The highest BCUT2D eigenvalue weighted by molar-refractivity contribution is 6.76. The Morgan fingerprint density at radius 1 is 1.17 bits per heavy atom. The third kappa shape index (κ3) is 5.92. The van der Waals surface area contributed by atoms with Crippen LogP contribution in [0, 0.1) is 11.8 Å². The first-order valence-corrected chi connectivity index (χ1v) is 21.1. The van der Waals surface area contributed by atoms with Gasteiger partial charge in [-0.15, -0.1) is 11.6 Å². The van der Waals surface area contributed by atoms with Crippen LogP contribution in [-0.4, -0.2) is 64.6 Å². The normalized spacial score (nSPS) is 30.4. The van der Waals surface area contributed by atoms with Crippen LogP contribution in [-0.2, 0) is 23.5 Å². The zero-order chi connectivity index (χ0) is 27.0. The van der Waals surface area contributed by atoms with Crippen molar-refractivity contribution in [1.82, 2.24) is 5.32 Å². The van der Waals surface area contributed by atoms with Gasteiger partial charge in [0, 0.05) is 14.0 Å². The summed E-state index contributed by atoms with van der Waals surface area (Å²) in [5, 5.41) is 3.18. The number of carbonyl (C=O) groups is 2. The minimum absolute atomic E-state index is 0.0406. The van der Waals surface area contributed by atoms with E-state index in [2.05, 4.69) is 58.8 Å². The Balaban J connectivity index is 2.08. The standard InChI is InChI=1S/C27H50ClNO5Si2/c1-25(2,3)36(7,8)34-22(20-13-10-9-11-14-20)27(24(31)32-17-18-35(4,5)6)26(19-33-26)21(15-12-16-28)23(30)29-27/h20-22H,9-19H2,1-8H3,(H,29,30)/t21-,22-,26-,27-/m0/s1. The fourth-order valence-electron chi connectivity index (χ4n) is 5.71. The van der Waals surface area contributed by atoms with Gasteiger partial charge < -0.3 is 19.2 Å². The molecule has 208 valence electrons. The van der Waals surface area contributed by atoms with Gasteiger partial charge in [0.25, 0.3) is 0 Å². The molecule has 0 bridgehead atoms. The molecule has 2 aliphatic heterocycles. The van der Waals surface area contributed by atoms with Crippen LogP contribution >= 0.6 is 11.6 Å². The molecule has 1 amide bonds. The lowest BCUT2D eigenvalue weighted by Crippen LogP contribution is -2.70. The van der Waals surface area contributed by atoms with Crippen LogP contribution in [0.3, 0.4) is 0 Å². The van der Waals surface area contributed by atoms with Gasteiger partial charge in [-0.05, 0) is 55.8 Å². The number of nitrogens with one attached hydrogen (secondary N) is 1. The largest absolute Gasteiger partial charge is 0.464 e. The van der Waals surface area contributed by atoms with Crippen LogP contribution in [0.25, 0.3) is 0 Å². The smallest absolute Gasteiger partial charge is 0.337 e. The van der Waals surface area contributed by atoms with Crippen LogP contribution in [0.2, 0.25) is 43.8 Å². The van der Waals surface area contributed by atoms with E-state index < -0.39 is 39.6 Å². The number of rotatable bonds is 11. The van der Waals surface area contributed by atoms with E-state index in [-0.39, 0.29) is 22.8 Å². The summed E-state index contributed by atoms with van der Waals surface area (Å²) >= 11 is 6.03. The Bertz CT molecular complexity index is 799. The van der Waals surface area contributed by atoms with Gasteiger partial charge in [0.2, 0.25) is 5.91 Å². The molecule has 0 unspecified atom stereocenters. The number of ether oxygens (including phenoxy) is 2. The van der Waals surface area contributed by atoms with E-state index in [4.69, 9.17) is 25.5 Å². The molecule has 36 heavy (non-hydrogen) atoms. The Labute approximate surface area is 226 Å². The molecule has 0 aromatic heterocycles. The Morgan fingerprint density at radius 2 is 1.78 bits per heavy atom. The molecule has 1 saturated carbocycles. The first kappa shape index (κ1) is 30.1. The number of hydrogen-bond acceptors (Lipinski definition) is 5. The summed E-state index contributed by atoms with van der Waals surface area (Å²) in [6, 6.07) is 0.878. The minimum Gasteiger partial charge on any atom is -0.464 e. The second-order valence-electron chi connectivity index (χ2n) is 14.0. The number of esters is 1. The van der Waals surface area contributed by atoms with Crippen LogP contribution in [0.5, 0.6) is 0 Å². The van der Waals surface area contributed by atoms with Crippen LogP contribution in [0.1, 0.15) is 65.7 Å². The Kier molecular flexibility index (Phi) is 9.20. The lowest BCUT2D eigenvalue weighted by atomic mass is 9.69. The van der Waals surface area contributed by atoms with E-state index in [0.717, 1.165) is 31.7 Å². The summed E-state index contributed by atoms with van der Waals surface area (Å²) in [7, 11) is -3.72. The van der Waals surface area contributed by atoms with E-state index in [9.17, 15) is 9.59 Å². The quantitative estimate of drug-likeness (QED) is 0.143. The maximum absolute atomic E-state index is 14.3. The molecule has 0 radical (unpaired) electrons. The van der Waals surface area contributed by atoms with Crippen molar-refractivity contribution < 1.29 is 23.5 Å². The third-order valence-electron chi connectivity index (χ3n) is 9.09. The fourth-order valence-corrected chi connectivity index (χ4v) is 7.94. The molecule has 2 saturated heterocycles. The minimum atomic E-state index is -2.31. The molecule has 0 aromatic carbocycles. The van der Waals surface area contributed by atoms with Crippen molar-refractivity contribution >= 4 is 39.9 Å². The van der Waals surface area contributed by atoms with Gasteiger partial charge >= 0.3 is 5.97 Å². The maximum atomic E-state index is 14.3. The van der Waals surface area contributed by atoms with E-state index in [1.54, 1.807) is 0 Å². The Hall–Kier alpha value is -0.416. The van der Waals surface area contributed by atoms with Crippen LogP contribution < -0.4 is 5.32 Å². The van der Waals surface area contributed by atoms with E-state index in [1.165, 1.54) is 6.42 Å². The summed E-state index contributed by atoms with van der Waals surface area (Å²) in [6.45, 7) is 18.7. The summed E-state index contributed by atoms with van der Waals surface area (Å²) in [5.74, 6) is -0.269. The maximum Gasteiger partial charge on any atom is 0.337 e. The van der Waals surface area contributed by atoms with Crippen molar-refractivity contribution in [2.75, 3.05) is 19.1 Å². The molecule has 3 rings (SSSR count). The predicted molar refractivity (Wildman–Crippen MR) is 151 cm³/mol. The molecule has 3 fully saturated rings. The number of epoxide rings is 1. The van der Waals surface area contributed by atoms with Gasteiger partial charge in [-0.25, -0.2) is 4.79 Å². The second-order valence-corrected chi connectivity index (χ2v) is 24.8. The molecule has 4 atom stereocenters. The zero-order valence-corrected chi connectivity index (χ0v) is 26.7. The summed E-state index contributed by atoms with van der Waals surface area (Å²) in [6.07, 6.45) is 6.22. The first-order valence-electron chi connectivity index (χ1n) is 14.0. The number of amides is 1. The third-order valence-corrected chi connectivity index (χ3v) is 15.5. The molecule has 9 heteroatoms. The molecular formula is C27H50ClNO5Si2. The molecule has 6 nitrogen and oxygen atoms in total. The van der Waals surface area contributed by atoms with E-state index in [0.29, 0.717) is 31.9 Å². The van der Waals surface area contributed by atoms with Crippen molar-refractivity contribution in [3.8, 4) is 0 Å². The van der Waals surface area contributed by atoms with Crippen molar-refractivity contribution in [3.05, 3.63) is 0 Å². The van der Waals surface area contributed by atoms with Gasteiger partial charge in [0.1, 0.15) is 5.60 Å². The van der Waals surface area contributed by atoms with Gasteiger partial charge in [-0.2, -0.15) is 0 Å². The molecule has 1 N–H and O–H groups in total. The van der Waals surface area contributed by atoms with E-state index in [1.807, 2.05) is 0 Å². The average Bonchev–Trinajstić information content (AvgIpc) is 3.52. The average molecular weight is 560 g/mol. The van der Waals surface area contributed by atoms with Crippen LogP contribution in [0.4, 0.5) is 0 Å². The molecule has 2 heterocycles. The van der Waals surface area contributed by atoms with Gasteiger partial charge in [0.15, 0.2) is 13.9 Å². The predicted octanol–water partition coefficient (Wildman–Crippen LogP) is 6.11. The molecular weight excluding hydrogens is 510 g/mol. The molecule has 1 spiro atoms. The number of halogens is 1. The highest BCUT2D eigenvalue weighted by atomic mass is 35.5. The molecule has 3 aliphatic rings. The topological polar surface area (TPSA) is 77.2 Å². The van der Waals surface area contributed by atoms with E-state index >= 15 is 0 Å². The van der Waals surface area contributed by atoms with Gasteiger partial charge in [-0.3, -0.25) is 4.79 Å². The highest BCUT2D eigenvalue weighted by Crippen LogP contribution is 2.56. The first-order chi connectivity index (χ1) is 16.6. The number of carbonyl (C=O) groups excluding carboxylic acids is 2. The second kappa shape index (κ2) is 11.0. The number of alkyl halides is 1. The summed E-state index contributed by atoms with van der Waals surface area (Å²) in [5.41, 5.74) is -2.24. The fraction of sp³-hybridized carbons (Fsp3) is 0.926. The van der Waals surface area contributed by atoms with Crippen molar-refractivity contribution in [2.45, 2.75) is 127 Å². The summed E-state index contributed by atoms with van der Waals surface area (Å²) < 4.78 is 19.5. The molecule has 1 aliphatic carbocycles. The van der Waals surface area contributed by atoms with Crippen molar-refractivity contribution in [3.63, 3.8) is 0 Å². The van der Waals surface area contributed by atoms with Crippen molar-refractivity contribution in [1.29, 1.82) is 0 Å². The summed E-state index contributed by atoms with van der Waals surface area (Å²) in [4.78, 5) is 27.9. The number of hydrogen-bond donors (Lipinski definition) is 1. The lowest BCUT2D eigenvalue weighted by molar-refractivity contribution is -0.162. The molecule has 0 aromatic rings. The van der Waals surface area contributed by atoms with Crippen LogP contribution in [0.15, 0.2) is 0 Å². The van der Waals surface area contributed by atoms with Gasteiger partial charge in [-0.1, -0.05) is 59.7 Å².